The molecule has 0 radical (unpaired) electrons. The summed E-state index contributed by atoms with van der Waals surface area (Å²) in [5, 5.41) is 0. The summed E-state index contributed by atoms with van der Waals surface area (Å²) in [6.07, 6.45) is 2.30. The van der Waals surface area contributed by atoms with E-state index in [0.29, 0.717) is 17.9 Å². The van der Waals surface area contributed by atoms with E-state index in [0.717, 1.165) is 19.4 Å². The highest BCUT2D eigenvalue weighted by Gasteiger charge is 2.15. The number of anilines is 1. The maximum absolute atomic E-state index is 13.4. The lowest BCUT2D eigenvalue weighted by Gasteiger charge is -2.10. The second-order valence-electron chi connectivity index (χ2n) is 4.00. The van der Waals surface area contributed by atoms with Crippen LogP contribution in [0.15, 0.2) is 18.2 Å². The zero-order valence-corrected chi connectivity index (χ0v) is 9.12. The molecule has 0 aliphatic carbocycles. The number of hydrogen-bond acceptors (Lipinski definition) is 3. The molecule has 1 aromatic carbocycles. The maximum atomic E-state index is 13.4. The molecule has 0 bridgehead atoms. The molecule has 16 heavy (non-hydrogen) atoms. The minimum atomic E-state index is -0.313. The number of ether oxygens (including phenoxy) is 2. The van der Waals surface area contributed by atoms with Crippen LogP contribution >= 0.6 is 0 Å². The molecule has 0 spiro atoms. The average molecular weight is 225 g/mol. The SMILES string of the molecule is Nc1ccc(COCC2CCCO2)c(F)c1. The molecule has 1 fully saturated rings. The van der Waals surface area contributed by atoms with Gasteiger partial charge >= 0.3 is 0 Å². The molecule has 1 aliphatic heterocycles. The summed E-state index contributed by atoms with van der Waals surface area (Å²) in [6, 6.07) is 4.64. The van der Waals surface area contributed by atoms with Gasteiger partial charge in [0.25, 0.3) is 0 Å². The molecule has 3 nitrogen and oxygen atoms in total. The third-order valence-electron chi connectivity index (χ3n) is 2.66. The van der Waals surface area contributed by atoms with Crippen molar-refractivity contribution in [3.63, 3.8) is 0 Å². The number of hydrogen-bond donors (Lipinski definition) is 1. The van der Waals surface area contributed by atoms with E-state index in [1.54, 1.807) is 12.1 Å². The topological polar surface area (TPSA) is 44.5 Å². The van der Waals surface area contributed by atoms with Crippen LogP contribution in [-0.4, -0.2) is 19.3 Å². The predicted octanol–water partition coefficient (Wildman–Crippen LogP) is 2.10. The monoisotopic (exact) mass is 225 g/mol. The summed E-state index contributed by atoms with van der Waals surface area (Å²) in [5.74, 6) is -0.313. The van der Waals surface area contributed by atoms with E-state index in [9.17, 15) is 4.39 Å². The summed E-state index contributed by atoms with van der Waals surface area (Å²) in [5.41, 5.74) is 6.42. The van der Waals surface area contributed by atoms with Gasteiger partial charge in [0.05, 0.1) is 19.3 Å². The Bertz CT molecular complexity index is 351. The first-order chi connectivity index (χ1) is 7.75. The summed E-state index contributed by atoms with van der Waals surface area (Å²) < 4.78 is 24.2. The number of halogens is 1. The third-order valence-corrected chi connectivity index (χ3v) is 2.66. The quantitative estimate of drug-likeness (QED) is 0.798. The molecule has 1 atom stereocenters. The van der Waals surface area contributed by atoms with E-state index >= 15 is 0 Å². The lowest BCUT2D eigenvalue weighted by molar-refractivity contribution is 0.00983. The number of nitrogens with two attached hydrogens (primary N) is 1. The normalized spacial score (nSPS) is 20.2. The lowest BCUT2D eigenvalue weighted by atomic mass is 10.2. The third kappa shape index (κ3) is 2.93. The minimum Gasteiger partial charge on any atom is -0.399 e. The molecule has 0 amide bonds. The highest BCUT2D eigenvalue weighted by molar-refractivity contribution is 5.40. The Morgan fingerprint density at radius 3 is 3.06 bits per heavy atom. The summed E-state index contributed by atoms with van der Waals surface area (Å²) in [6.45, 7) is 1.61. The molecule has 2 N–H and O–H groups in total. The molecule has 4 heteroatoms. The Hall–Kier alpha value is -1.13. The molecule has 0 saturated carbocycles. The van der Waals surface area contributed by atoms with E-state index in [1.807, 2.05) is 0 Å². The van der Waals surface area contributed by atoms with Gasteiger partial charge in [0, 0.05) is 17.9 Å². The summed E-state index contributed by atoms with van der Waals surface area (Å²) in [4.78, 5) is 0. The summed E-state index contributed by atoms with van der Waals surface area (Å²) >= 11 is 0. The first-order valence-electron chi connectivity index (χ1n) is 5.49. The lowest BCUT2D eigenvalue weighted by Crippen LogP contribution is -2.14. The Kier molecular flexibility index (Phi) is 3.74. The van der Waals surface area contributed by atoms with Crippen LogP contribution in [0.2, 0.25) is 0 Å². The van der Waals surface area contributed by atoms with Crippen LogP contribution in [0, 0.1) is 5.82 Å². The highest BCUT2D eigenvalue weighted by atomic mass is 19.1. The molecule has 1 saturated heterocycles. The van der Waals surface area contributed by atoms with E-state index in [4.69, 9.17) is 15.2 Å². The summed E-state index contributed by atoms with van der Waals surface area (Å²) in [7, 11) is 0. The Morgan fingerprint density at radius 2 is 2.38 bits per heavy atom. The Balaban J connectivity index is 1.80. The predicted molar refractivity (Wildman–Crippen MR) is 59.4 cm³/mol. The van der Waals surface area contributed by atoms with Crippen LogP contribution in [0.1, 0.15) is 18.4 Å². The van der Waals surface area contributed by atoms with Gasteiger partial charge in [-0.05, 0) is 25.0 Å². The van der Waals surface area contributed by atoms with Gasteiger partial charge < -0.3 is 15.2 Å². The van der Waals surface area contributed by atoms with Gasteiger partial charge in [-0.3, -0.25) is 0 Å². The molecule has 1 heterocycles. The van der Waals surface area contributed by atoms with Gasteiger partial charge in [0.1, 0.15) is 5.82 Å². The van der Waals surface area contributed by atoms with Gasteiger partial charge in [-0.2, -0.15) is 0 Å². The minimum absolute atomic E-state index is 0.178. The van der Waals surface area contributed by atoms with Gasteiger partial charge in [-0.15, -0.1) is 0 Å². The maximum Gasteiger partial charge on any atom is 0.130 e. The first-order valence-corrected chi connectivity index (χ1v) is 5.49. The van der Waals surface area contributed by atoms with Gasteiger partial charge in [-0.25, -0.2) is 4.39 Å². The highest BCUT2D eigenvalue weighted by Crippen LogP contribution is 2.15. The molecule has 2 rings (SSSR count). The van der Waals surface area contributed by atoms with Gasteiger partial charge in [-0.1, -0.05) is 6.07 Å². The van der Waals surface area contributed by atoms with Crippen LogP contribution in [0.5, 0.6) is 0 Å². The van der Waals surface area contributed by atoms with E-state index in [-0.39, 0.29) is 18.5 Å². The van der Waals surface area contributed by atoms with Crippen molar-refractivity contribution in [2.75, 3.05) is 18.9 Å². The molecule has 1 aromatic rings. The second-order valence-corrected chi connectivity index (χ2v) is 4.00. The van der Waals surface area contributed by atoms with Crippen LogP contribution in [0.25, 0.3) is 0 Å². The molecule has 1 aliphatic rings. The van der Waals surface area contributed by atoms with Crippen LogP contribution in [0.4, 0.5) is 10.1 Å². The average Bonchev–Trinajstić information content (AvgIpc) is 2.74. The van der Waals surface area contributed by atoms with Crippen molar-refractivity contribution >= 4 is 5.69 Å². The molecule has 1 unspecified atom stereocenters. The molecular formula is C12H16FNO2. The number of nitrogen functional groups attached to an aromatic ring is 1. The number of rotatable bonds is 4. The van der Waals surface area contributed by atoms with Crippen molar-refractivity contribution in [2.24, 2.45) is 0 Å². The van der Waals surface area contributed by atoms with Crippen molar-refractivity contribution in [1.29, 1.82) is 0 Å². The molecule has 0 aromatic heterocycles. The van der Waals surface area contributed by atoms with Crippen LogP contribution in [0.3, 0.4) is 0 Å². The van der Waals surface area contributed by atoms with Crippen molar-refractivity contribution in [2.45, 2.75) is 25.6 Å². The largest absolute Gasteiger partial charge is 0.399 e. The zero-order chi connectivity index (χ0) is 11.4. The fraction of sp³-hybridized carbons (Fsp3) is 0.500. The van der Waals surface area contributed by atoms with Crippen molar-refractivity contribution in [3.8, 4) is 0 Å². The van der Waals surface area contributed by atoms with Crippen molar-refractivity contribution in [3.05, 3.63) is 29.6 Å². The van der Waals surface area contributed by atoms with Crippen molar-refractivity contribution in [1.82, 2.24) is 0 Å². The smallest absolute Gasteiger partial charge is 0.130 e. The number of benzene rings is 1. The molecular weight excluding hydrogens is 209 g/mol. The van der Waals surface area contributed by atoms with Gasteiger partial charge in [0.15, 0.2) is 0 Å². The van der Waals surface area contributed by atoms with Gasteiger partial charge in [0.2, 0.25) is 0 Å². The Morgan fingerprint density at radius 1 is 1.50 bits per heavy atom. The zero-order valence-electron chi connectivity index (χ0n) is 9.12. The van der Waals surface area contributed by atoms with E-state index < -0.39 is 0 Å². The van der Waals surface area contributed by atoms with Crippen LogP contribution < -0.4 is 5.73 Å². The fourth-order valence-corrected chi connectivity index (χ4v) is 1.76. The Labute approximate surface area is 94.3 Å². The van der Waals surface area contributed by atoms with Crippen molar-refractivity contribution < 1.29 is 13.9 Å². The molecule has 88 valence electrons. The second kappa shape index (κ2) is 5.27. The van der Waals surface area contributed by atoms with E-state index in [2.05, 4.69) is 0 Å². The van der Waals surface area contributed by atoms with Crippen LogP contribution in [-0.2, 0) is 16.1 Å². The standard InChI is InChI=1S/C12H16FNO2/c13-12-6-10(14)4-3-9(12)7-15-8-11-2-1-5-16-11/h3-4,6,11H,1-2,5,7-8,14H2. The first kappa shape index (κ1) is 11.4. The fourth-order valence-electron chi connectivity index (χ4n) is 1.76. The van der Waals surface area contributed by atoms with E-state index in [1.165, 1.54) is 6.07 Å².